The molecule has 0 bridgehead atoms. The zero-order chi connectivity index (χ0) is 18.5. The molecule has 3 rings (SSSR count). The molecule has 2 heterocycles. The fraction of sp³-hybridized carbons (Fsp3) is 0.579. The maximum absolute atomic E-state index is 12.7. The van der Waals surface area contributed by atoms with E-state index in [2.05, 4.69) is 5.32 Å². The number of hydrogen-bond donors (Lipinski definition) is 1. The Balaban J connectivity index is 1.53. The van der Waals surface area contributed by atoms with Crippen LogP contribution in [0.1, 0.15) is 26.7 Å². The lowest BCUT2D eigenvalue weighted by Gasteiger charge is -2.33. The highest BCUT2D eigenvalue weighted by atomic mass is 16.6. The highest BCUT2D eigenvalue weighted by Crippen LogP contribution is 2.32. The number of amides is 1. The van der Waals surface area contributed by atoms with Gasteiger partial charge in [0.15, 0.2) is 11.5 Å². The molecule has 1 saturated heterocycles. The number of anilines is 1. The Bertz CT molecular complexity index is 655. The molecule has 0 spiro atoms. The Morgan fingerprint density at radius 3 is 2.62 bits per heavy atom. The van der Waals surface area contributed by atoms with E-state index in [0.717, 1.165) is 11.4 Å². The number of rotatable bonds is 5. The van der Waals surface area contributed by atoms with E-state index >= 15 is 0 Å². The summed E-state index contributed by atoms with van der Waals surface area (Å²) in [6.45, 7) is 6.29. The van der Waals surface area contributed by atoms with Crippen molar-refractivity contribution in [1.82, 2.24) is 4.90 Å². The highest BCUT2D eigenvalue weighted by Gasteiger charge is 2.30. The lowest BCUT2D eigenvalue weighted by Crippen LogP contribution is -2.46. The Morgan fingerprint density at radius 1 is 1.23 bits per heavy atom. The predicted molar refractivity (Wildman–Crippen MR) is 96.5 cm³/mol. The van der Waals surface area contributed by atoms with Gasteiger partial charge in [0.05, 0.1) is 12.5 Å². The molecule has 7 nitrogen and oxygen atoms in total. The molecule has 1 amide bonds. The fourth-order valence-electron chi connectivity index (χ4n) is 3.31. The average molecular weight is 362 g/mol. The summed E-state index contributed by atoms with van der Waals surface area (Å²) in [4.78, 5) is 26.3. The van der Waals surface area contributed by atoms with Crippen LogP contribution in [0.3, 0.4) is 0 Å². The number of nitrogens with one attached hydrogen (secondary N) is 1. The summed E-state index contributed by atoms with van der Waals surface area (Å²) >= 11 is 0. The Morgan fingerprint density at radius 2 is 1.92 bits per heavy atom. The van der Waals surface area contributed by atoms with Crippen molar-refractivity contribution in [3.63, 3.8) is 0 Å². The second-order valence-electron chi connectivity index (χ2n) is 6.58. The summed E-state index contributed by atoms with van der Waals surface area (Å²) in [5.41, 5.74) is 0.816. The van der Waals surface area contributed by atoms with Gasteiger partial charge in [-0.3, -0.25) is 9.59 Å². The molecule has 0 saturated carbocycles. The van der Waals surface area contributed by atoms with Gasteiger partial charge >= 0.3 is 5.97 Å². The number of piperidine rings is 1. The number of benzene rings is 1. The molecule has 1 fully saturated rings. The van der Waals surface area contributed by atoms with Crippen LogP contribution in [0.5, 0.6) is 11.5 Å². The molecule has 0 aliphatic carbocycles. The van der Waals surface area contributed by atoms with Crippen LogP contribution in [-0.4, -0.2) is 55.7 Å². The molecule has 0 radical (unpaired) electrons. The van der Waals surface area contributed by atoms with Gasteiger partial charge in [-0.25, -0.2) is 0 Å². The van der Waals surface area contributed by atoms with Crippen LogP contribution in [-0.2, 0) is 14.3 Å². The number of carbonyl (C=O) groups is 2. The van der Waals surface area contributed by atoms with Crippen molar-refractivity contribution in [2.24, 2.45) is 5.92 Å². The molecule has 1 N–H and O–H groups in total. The van der Waals surface area contributed by atoms with E-state index in [9.17, 15) is 9.59 Å². The van der Waals surface area contributed by atoms with Crippen LogP contribution in [0.25, 0.3) is 0 Å². The zero-order valence-electron chi connectivity index (χ0n) is 15.3. The molecule has 1 aromatic carbocycles. The minimum absolute atomic E-state index is 0.0298. The summed E-state index contributed by atoms with van der Waals surface area (Å²) in [5, 5.41) is 3.22. The summed E-state index contributed by atoms with van der Waals surface area (Å²) in [5.74, 6) is 1.20. The van der Waals surface area contributed by atoms with Crippen LogP contribution in [0.15, 0.2) is 18.2 Å². The van der Waals surface area contributed by atoms with Crippen molar-refractivity contribution >= 4 is 17.6 Å². The normalized spacial score (nSPS) is 18.2. The molecular formula is C19H26N2O5. The first-order valence-corrected chi connectivity index (χ1v) is 9.20. The van der Waals surface area contributed by atoms with Crippen LogP contribution in [0.2, 0.25) is 0 Å². The van der Waals surface area contributed by atoms with Crippen LogP contribution in [0, 0.1) is 5.92 Å². The zero-order valence-corrected chi connectivity index (χ0v) is 15.3. The largest absolute Gasteiger partial charge is 0.486 e. The maximum atomic E-state index is 12.7. The van der Waals surface area contributed by atoms with E-state index in [1.165, 1.54) is 0 Å². The number of nitrogens with zero attached hydrogens (tertiary/aromatic N) is 1. The summed E-state index contributed by atoms with van der Waals surface area (Å²) < 4.78 is 16.2. The van der Waals surface area contributed by atoms with E-state index < -0.39 is 0 Å². The molecule has 7 heteroatoms. The van der Waals surface area contributed by atoms with E-state index in [-0.39, 0.29) is 23.8 Å². The van der Waals surface area contributed by atoms with Gasteiger partial charge in [0.2, 0.25) is 5.91 Å². The van der Waals surface area contributed by atoms with E-state index in [4.69, 9.17) is 14.2 Å². The van der Waals surface area contributed by atoms with Crippen molar-refractivity contribution in [2.45, 2.75) is 32.7 Å². The third kappa shape index (κ3) is 4.20. The smallest absolute Gasteiger partial charge is 0.309 e. The minimum atomic E-state index is -0.364. The van der Waals surface area contributed by atoms with E-state index in [1.54, 1.807) is 0 Å². The third-order valence-corrected chi connectivity index (χ3v) is 4.72. The van der Waals surface area contributed by atoms with Gasteiger partial charge in [-0.15, -0.1) is 0 Å². The van der Waals surface area contributed by atoms with E-state index in [0.29, 0.717) is 51.5 Å². The molecule has 2 aliphatic heterocycles. The van der Waals surface area contributed by atoms with Gasteiger partial charge in [0.1, 0.15) is 19.3 Å². The molecule has 0 aromatic heterocycles. The standard InChI is InChI=1S/C19H26N2O5/c1-3-24-19(23)14-6-8-21(9-7-14)18(22)13(2)20-15-4-5-16-17(12-15)26-11-10-25-16/h4-5,12-14,20H,3,6-11H2,1-2H3/t13-/m0/s1. The van der Waals surface area contributed by atoms with Crippen molar-refractivity contribution in [3.8, 4) is 11.5 Å². The topological polar surface area (TPSA) is 77.1 Å². The van der Waals surface area contributed by atoms with Crippen LogP contribution >= 0.6 is 0 Å². The van der Waals surface area contributed by atoms with Crippen molar-refractivity contribution in [2.75, 3.05) is 38.2 Å². The summed E-state index contributed by atoms with van der Waals surface area (Å²) in [7, 11) is 0. The Labute approximate surface area is 153 Å². The lowest BCUT2D eigenvalue weighted by molar-refractivity contribution is -0.151. The van der Waals surface area contributed by atoms with Gasteiger partial charge < -0.3 is 24.4 Å². The predicted octanol–water partition coefficient (Wildman–Crippen LogP) is 2.06. The molecule has 26 heavy (non-hydrogen) atoms. The average Bonchev–Trinajstić information content (AvgIpc) is 2.67. The first-order valence-electron chi connectivity index (χ1n) is 9.20. The number of ether oxygens (including phenoxy) is 3. The molecule has 2 aliphatic rings. The lowest BCUT2D eigenvalue weighted by atomic mass is 9.96. The van der Waals surface area contributed by atoms with Gasteiger partial charge in [0, 0.05) is 24.8 Å². The first-order chi connectivity index (χ1) is 12.6. The number of fused-ring (bicyclic) bond motifs is 1. The quantitative estimate of drug-likeness (QED) is 0.808. The second kappa shape index (κ2) is 8.29. The van der Waals surface area contributed by atoms with E-state index in [1.807, 2.05) is 36.9 Å². The molecule has 1 atom stereocenters. The van der Waals surface area contributed by atoms with Crippen molar-refractivity contribution in [1.29, 1.82) is 0 Å². The highest BCUT2D eigenvalue weighted by molar-refractivity contribution is 5.85. The van der Waals surface area contributed by atoms with Crippen LogP contribution < -0.4 is 14.8 Å². The third-order valence-electron chi connectivity index (χ3n) is 4.72. The van der Waals surface area contributed by atoms with Gasteiger partial charge in [-0.05, 0) is 38.8 Å². The molecular weight excluding hydrogens is 336 g/mol. The van der Waals surface area contributed by atoms with Gasteiger partial charge in [0.25, 0.3) is 0 Å². The molecule has 0 unspecified atom stereocenters. The number of esters is 1. The van der Waals surface area contributed by atoms with Crippen molar-refractivity contribution in [3.05, 3.63) is 18.2 Å². The number of carbonyl (C=O) groups excluding carboxylic acids is 2. The van der Waals surface area contributed by atoms with Gasteiger partial charge in [-0.1, -0.05) is 0 Å². The van der Waals surface area contributed by atoms with Crippen molar-refractivity contribution < 1.29 is 23.8 Å². The Hall–Kier alpha value is -2.44. The number of likely N-dealkylation sites (tertiary alicyclic amines) is 1. The fourth-order valence-corrected chi connectivity index (χ4v) is 3.31. The molecule has 1 aromatic rings. The minimum Gasteiger partial charge on any atom is -0.486 e. The maximum Gasteiger partial charge on any atom is 0.309 e. The second-order valence-corrected chi connectivity index (χ2v) is 6.58. The van der Waals surface area contributed by atoms with Gasteiger partial charge in [-0.2, -0.15) is 0 Å². The summed E-state index contributed by atoms with van der Waals surface area (Å²) in [6.07, 6.45) is 1.31. The van der Waals surface area contributed by atoms with Crippen LogP contribution in [0.4, 0.5) is 5.69 Å². The monoisotopic (exact) mass is 362 g/mol. The molecule has 142 valence electrons. The summed E-state index contributed by atoms with van der Waals surface area (Å²) in [6, 6.07) is 5.21. The Kier molecular flexibility index (Phi) is 5.85. The first kappa shape index (κ1) is 18.4. The SMILES string of the molecule is CCOC(=O)C1CCN(C(=O)[C@H](C)Nc2ccc3c(c2)OCCO3)CC1. The number of hydrogen-bond acceptors (Lipinski definition) is 6.